The van der Waals surface area contributed by atoms with Crippen LogP contribution in [0.5, 0.6) is 0 Å². The number of carbonyl (C=O) groups excluding carboxylic acids is 1. The van der Waals surface area contributed by atoms with Gasteiger partial charge < -0.3 is 14.8 Å². The van der Waals surface area contributed by atoms with Gasteiger partial charge in [0.2, 0.25) is 0 Å². The monoisotopic (exact) mass is 485 g/mol. The first-order valence-electron chi connectivity index (χ1n) is 12.3. The van der Waals surface area contributed by atoms with Gasteiger partial charge in [-0.2, -0.15) is 0 Å². The number of hydrogen-bond acceptors (Lipinski definition) is 2. The number of fused-ring (bicyclic) bond motifs is 5. The molecule has 3 heterocycles. The molecule has 0 bridgehead atoms. The molecule has 1 aliphatic carbocycles. The molecule has 2 aliphatic rings. The lowest BCUT2D eigenvalue weighted by Crippen LogP contribution is -2.42. The van der Waals surface area contributed by atoms with E-state index < -0.39 is 0 Å². The van der Waals surface area contributed by atoms with Crippen LogP contribution in [0.25, 0.3) is 5.00 Å². The summed E-state index contributed by atoms with van der Waals surface area (Å²) < 4.78 is 16.6. The summed E-state index contributed by atoms with van der Waals surface area (Å²) in [5.74, 6) is -0.290. The number of benzene rings is 2. The normalized spacial score (nSPS) is 16.7. The number of urea groups is 1. The van der Waals surface area contributed by atoms with Gasteiger partial charge in [-0.05, 0) is 73.1 Å². The molecule has 2 aromatic carbocycles. The fourth-order valence-electron chi connectivity index (χ4n) is 5.47. The van der Waals surface area contributed by atoms with Gasteiger partial charge in [0.1, 0.15) is 10.8 Å². The summed E-state index contributed by atoms with van der Waals surface area (Å²) in [6.07, 6.45) is 7.43. The first-order chi connectivity index (χ1) is 17.2. The van der Waals surface area contributed by atoms with Crippen LogP contribution < -0.4 is 5.32 Å². The Kier molecular flexibility index (Phi) is 5.90. The van der Waals surface area contributed by atoms with Crippen LogP contribution in [0.2, 0.25) is 0 Å². The Bertz CT molecular complexity index is 1360. The molecule has 0 saturated heterocycles. The van der Waals surface area contributed by atoms with E-state index in [-0.39, 0.29) is 17.9 Å². The zero-order valence-electron chi connectivity index (χ0n) is 19.5. The van der Waals surface area contributed by atoms with Crippen molar-refractivity contribution in [3.8, 4) is 5.00 Å². The maximum Gasteiger partial charge on any atom is 0.318 e. The van der Waals surface area contributed by atoms with Gasteiger partial charge >= 0.3 is 6.03 Å². The molecule has 1 aliphatic heterocycles. The highest BCUT2D eigenvalue weighted by Crippen LogP contribution is 2.44. The van der Waals surface area contributed by atoms with E-state index in [9.17, 15) is 9.18 Å². The molecular weight excluding hydrogens is 457 g/mol. The third-order valence-corrected chi connectivity index (χ3v) is 8.47. The molecule has 0 radical (unpaired) electrons. The number of aryl methyl sites for hydroxylation is 1. The lowest BCUT2D eigenvalue weighted by Gasteiger charge is -2.31. The summed E-state index contributed by atoms with van der Waals surface area (Å²) in [7, 11) is 0. The predicted octanol–water partition coefficient (Wildman–Crippen LogP) is 6.41. The maximum absolute atomic E-state index is 14.3. The van der Waals surface area contributed by atoms with Crippen LogP contribution in [0.4, 0.5) is 9.18 Å². The fourth-order valence-corrected chi connectivity index (χ4v) is 6.88. The van der Waals surface area contributed by atoms with E-state index in [4.69, 9.17) is 0 Å². The Labute approximate surface area is 209 Å². The van der Waals surface area contributed by atoms with Crippen LogP contribution in [0, 0.1) is 5.82 Å². The van der Waals surface area contributed by atoms with Gasteiger partial charge in [0.15, 0.2) is 0 Å². The molecule has 2 amide bonds. The van der Waals surface area contributed by atoms with Gasteiger partial charge in [0.25, 0.3) is 0 Å². The summed E-state index contributed by atoms with van der Waals surface area (Å²) >= 11 is 1.86. The van der Waals surface area contributed by atoms with Gasteiger partial charge in [-0.15, -0.1) is 11.3 Å². The number of nitrogens with one attached hydrogen (secondary N) is 1. The van der Waals surface area contributed by atoms with Crippen LogP contribution in [0.3, 0.4) is 0 Å². The number of aromatic nitrogens is 1. The average Bonchev–Trinajstić information content (AvgIpc) is 3.46. The topological polar surface area (TPSA) is 37.3 Å². The lowest BCUT2D eigenvalue weighted by molar-refractivity contribution is 0.180. The number of nitrogens with zero attached hydrogens (tertiary/aromatic N) is 2. The summed E-state index contributed by atoms with van der Waals surface area (Å²) in [4.78, 5) is 17.1. The van der Waals surface area contributed by atoms with Crippen molar-refractivity contribution in [1.82, 2.24) is 14.8 Å². The zero-order valence-corrected chi connectivity index (χ0v) is 20.4. The molecule has 6 rings (SSSR count). The van der Waals surface area contributed by atoms with Crippen LogP contribution in [-0.4, -0.2) is 22.0 Å². The van der Waals surface area contributed by atoms with Crippen LogP contribution in [-0.2, 0) is 25.8 Å². The zero-order chi connectivity index (χ0) is 23.8. The number of hydrogen-bond donors (Lipinski definition) is 1. The van der Waals surface area contributed by atoms with Crippen molar-refractivity contribution in [3.05, 3.63) is 112 Å². The molecule has 35 heavy (non-hydrogen) atoms. The molecule has 0 unspecified atom stereocenters. The van der Waals surface area contributed by atoms with Crippen LogP contribution >= 0.6 is 11.3 Å². The molecule has 4 aromatic rings. The highest BCUT2D eigenvalue weighted by Gasteiger charge is 2.36. The van der Waals surface area contributed by atoms with E-state index in [1.54, 1.807) is 12.1 Å². The molecule has 6 heteroatoms. The Balaban J connectivity index is 1.39. The molecule has 0 saturated carbocycles. The summed E-state index contributed by atoms with van der Waals surface area (Å²) in [5, 5.41) is 4.36. The first kappa shape index (κ1) is 22.1. The molecule has 1 atom stereocenters. The van der Waals surface area contributed by atoms with E-state index in [1.807, 2.05) is 46.6 Å². The Morgan fingerprint density at radius 3 is 2.71 bits per heavy atom. The highest BCUT2D eigenvalue weighted by molar-refractivity contribution is 7.15. The van der Waals surface area contributed by atoms with E-state index in [2.05, 4.69) is 34.3 Å². The number of amides is 2. The SMILES string of the molecule is O=C(NCCc1ccccc1)N1Cc2c(sc3c2CCCC3)-n2cccc2[C@@H]1c1cccc(F)c1. The Morgan fingerprint density at radius 2 is 1.86 bits per heavy atom. The third kappa shape index (κ3) is 4.16. The van der Waals surface area contributed by atoms with E-state index in [0.717, 1.165) is 30.5 Å². The number of halogens is 1. The standard InChI is InChI=1S/C29H28FN3OS/c30-22-11-6-10-21(18-22)27-25-13-7-17-32(25)28-24(23-12-4-5-14-26(23)35-28)19-33(27)29(34)31-16-15-20-8-2-1-3-9-20/h1-3,6-11,13,17-18,27H,4-5,12,14-16,19H2,(H,31,34)/t27-/m0/s1. The van der Waals surface area contributed by atoms with Gasteiger partial charge in [0, 0.05) is 23.2 Å². The number of thiophene rings is 1. The second-order valence-corrected chi connectivity index (χ2v) is 10.4. The lowest BCUT2D eigenvalue weighted by atomic mass is 9.95. The van der Waals surface area contributed by atoms with E-state index in [1.165, 1.54) is 45.5 Å². The predicted molar refractivity (Wildman–Crippen MR) is 138 cm³/mol. The Morgan fingerprint density at radius 1 is 1.00 bits per heavy atom. The molecule has 4 nitrogen and oxygen atoms in total. The van der Waals surface area contributed by atoms with Crippen molar-refractivity contribution in [1.29, 1.82) is 0 Å². The van der Waals surface area contributed by atoms with Crippen molar-refractivity contribution in [3.63, 3.8) is 0 Å². The highest BCUT2D eigenvalue weighted by atomic mass is 32.1. The van der Waals surface area contributed by atoms with Gasteiger partial charge in [-0.3, -0.25) is 0 Å². The van der Waals surface area contributed by atoms with E-state index in [0.29, 0.717) is 13.1 Å². The smallest absolute Gasteiger partial charge is 0.318 e. The second kappa shape index (κ2) is 9.34. The van der Waals surface area contributed by atoms with Crippen molar-refractivity contribution in [2.45, 2.75) is 44.7 Å². The minimum Gasteiger partial charge on any atom is -0.338 e. The van der Waals surface area contributed by atoms with E-state index >= 15 is 0 Å². The van der Waals surface area contributed by atoms with Gasteiger partial charge in [-0.25, -0.2) is 9.18 Å². The second-order valence-electron chi connectivity index (χ2n) is 9.35. The molecule has 0 spiro atoms. The quantitative estimate of drug-likeness (QED) is 0.356. The summed E-state index contributed by atoms with van der Waals surface area (Å²) in [6.45, 7) is 1.06. The van der Waals surface area contributed by atoms with Gasteiger partial charge in [-0.1, -0.05) is 42.5 Å². The van der Waals surface area contributed by atoms with Crippen LogP contribution in [0.15, 0.2) is 72.9 Å². The largest absolute Gasteiger partial charge is 0.338 e. The minimum absolute atomic E-state index is 0.119. The average molecular weight is 486 g/mol. The molecule has 178 valence electrons. The number of rotatable bonds is 4. The van der Waals surface area contributed by atoms with Crippen LogP contribution in [0.1, 0.15) is 51.7 Å². The third-order valence-electron chi connectivity index (χ3n) is 7.14. The Hall–Kier alpha value is -3.38. The minimum atomic E-state index is -0.378. The van der Waals surface area contributed by atoms with Crippen molar-refractivity contribution >= 4 is 17.4 Å². The van der Waals surface area contributed by atoms with Crippen molar-refractivity contribution in [2.24, 2.45) is 0 Å². The van der Waals surface area contributed by atoms with Crippen molar-refractivity contribution in [2.75, 3.05) is 6.54 Å². The maximum atomic E-state index is 14.3. The molecule has 2 aromatic heterocycles. The summed E-state index contributed by atoms with van der Waals surface area (Å²) in [5.41, 5.74) is 5.63. The molecule has 0 fully saturated rings. The summed E-state index contributed by atoms with van der Waals surface area (Å²) in [6, 6.07) is 20.4. The van der Waals surface area contributed by atoms with Gasteiger partial charge in [0.05, 0.1) is 18.3 Å². The molecular formula is C29H28FN3OS. The number of carbonyl (C=O) groups is 1. The fraction of sp³-hybridized carbons (Fsp3) is 0.276. The molecule has 1 N–H and O–H groups in total. The van der Waals surface area contributed by atoms with Crippen molar-refractivity contribution < 1.29 is 9.18 Å². The first-order valence-corrected chi connectivity index (χ1v) is 13.2.